The third-order valence-corrected chi connectivity index (χ3v) is 3.28. The molecule has 1 unspecified atom stereocenters. The van der Waals surface area contributed by atoms with E-state index >= 15 is 0 Å². The van der Waals surface area contributed by atoms with Gasteiger partial charge in [0, 0.05) is 18.2 Å². The van der Waals surface area contributed by atoms with E-state index in [4.69, 9.17) is 17.3 Å². The molecule has 0 aromatic heterocycles. The van der Waals surface area contributed by atoms with Gasteiger partial charge >= 0.3 is 0 Å². The third-order valence-electron chi connectivity index (χ3n) is 2.99. The van der Waals surface area contributed by atoms with Gasteiger partial charge in [-0.15, -0.1) is 0 Å². The van der Waals surface area contributed by atoms with Gasteiger partial charge in [-0.1, -0.05) is 30.7 Å². The van der Waals surface area contributed by atoms with E-state index in [9.17, 15) is 4.39 Å². The zero-order valence-electron chi connectivity index (χ0n) is 10.6. The molecule has 2 N–H and O–H groups in total. The Labute approximate surface area is 108 Å². The lowest BCUT2D eigenvalue weighted by Crippen LogP contribution is -2.39. The highest BCUT2D eigenvalue weighted by atomic mass is 35.5. The highest BCUT2D eigenvalue weighted by Gasteiger charge is 2.23. The van der Waals surface area contributed by atoms with Crippen molar-refractivity contribution in [1.29, 1.82) is 0 Å². The van der Waals surface area contributed by atoms with E-state index in [-0.39, 0.29) is 16.9 Å². The molecule has 1 rings (SSSR count). The number of likely N-dealkylation sites (N-methyl/N-ethyl adjacent to an activating group) is 1. The average molecular weight is 259 g/mol. The van der Waals surface area contributed by atoms with Crippen LogP contribution in [0, 0.1) is 5.82 Å². The molecule has 17 heavy (non-hydrogen) atoms. The van der Waals surface area contributed by atoms with Crippen molar-refractivity contribution in [3.05, 3.63) is 34.6 Å². The first-order valence-corrected chi connectivity index (χ1v) is 6.30. The molecule has 0 radical (unpaired) electrons. The lowest BCUT2D eigenvalue weighted by molar-refractivity contribution is 0.163. The first kappa shape index (κ1) is 14.4. The summed E-state index contributed by atoms with van der Waals surface area (Å²) in [5.41, 5.74) is 6.37. The van der Waals surface area contributed by atoms with Crippen LogP contribution in [0.2, 0.25) is 5.02 Å². The first-order chi connectivity index (χ1) is 8.02. The number of halogens is 2. The van der Waals surface area contributed by atoms with Gasteiger partial charge < -0.3 is 5.73 Å². The Hall–Kier alpha value is -0.640. The van der Waals surface area contributed by atoms with Crippen LogP contribution in [0.25, 0.3) is 0 Å². The van der Waals surface area contributed by atoms with Crippen molar-refractivity contribution >= 4 is 11.6 Å². The molecular formula is C13H20ClFN2. The van der Waals surface area contributed by atoms with Crippen LogP contribution in [0.15, 0.2) is 18.2 Å². The summed E-state index contributed by atoms with van der Waals surface area (Å²) in [6, 6.07) is 5.26. The van der Waals surface area contributed by atoms with Crippen molar-refractivity contribution in [2.45, 2.75) is 32.9 Å². The Balaban J connectivity index is 3.12. The van der Waals surface area contributed by atoms with E-state index < -0.39 is 0 Å². The predicted octanol–water partition coefficient (Wildman–Crippen LogP) is 3.21. The molecule has 0 fully saturated rings. The Morgan fingerprint density at radius 2 is 2.06 bits per heavy atom. The van der Waals surface area contributed by atoms with Gasteiger partial charge in [0.1, 0.15) is 5.82 Å². The summed E-state index contributed by atoms with van der Waals surface area (Å²) >= 11 is 5.81. The quantitative estimate of drug-likeness (QED) is 0.879. The Bertz CT molecular complexity index is 368. The van der Waals surface area contributed by atoms with Crippen LogP contribution in [0.5, 0.6) is 0 Å². The van der Waals surface area contributed by atoms with E-state index in [1.165, 1.54) is 0 Å². The minimum atomic E-state index is -0.358. The standard InChI is InChI=1S/C13H20ClFN2/c1-4-17(9(2)3)12(8-16)10-6-5-7-11(14)13(10)15/h5-7,9,12H,4,8,16H2,1-3H3. The minimum Gasteiger partial charge on any atom is -0.329 e. The molecule has 4 heteroatoms. The van der Waals surface area contributed by atoms with Gasteiger partial charge in [-0.05, 0) is 26.5 Å². The van der Waals surface area contributed by atoms with Crippen molar-refractivity contribution in [2.75, 3.05) is 13.1 Å². The van der Waals surface area contributed by atoms with Gasteiger partial charge in [0.05, 0.1) is 11.1 Å². The van der Waals surface area contributed by atoms with Crippen LogP contribution < -0.4 is 5.73 Å². The maximum Gasteiger partial charge on any atom is 0.146 e. The molecule has 0 amide bonds. The summed E-state index contributed by atoms with van der Waals surface area (Å²) in [7, 11) is 0. The summed E-state index contributed by atoms with van der Waals surface area (Å²) in [6.07, 6.45) is 0. The second-order valence-corrected chi connectivity index (χ2v) is 4.73. The lowest BCUT2D eigenvalue weighted by Gasteiger charge is -2.33. The molecule has 2 nitrogen and oxygen atoms in total. The van der Waals surface area contributed by atoms with Gasteiger partial charge in [-0.25, -0.2) is 4.39 Å². The number of nitrogens with two attached hydrogens (primary N) is 1. The summed E-state index contributed by atoms with van der Waals surface area (Å²) in [4.78, 5) is 2.16. The van der Waals surface area contributed by atoms with Crippen LogP contribution in [0.3, 0.4) is 0 Å². The zero-order chi connectivity index (χ0) is 13.0. The second kappa shape index (κ2) is 6.34. The summed E-state index contributed by atoms with van der Waals surface area (Å²) in [5, 5.41) is 0.153. The Morgan fingerprint density at radius 1 is 1.41 bits per heavy atom. The predicted molar refractivity (Wildman–Crippen MR) is 70.7 cm³/mol. The second-order valence-electron chi connectivity index (χ2n) is 4.32. The van der Waals surface area contributed by atoms with Gasteiger partial charge in [-0.2, -0.15) is 0 Å². The summed E-state index contributed by atoms with van der Waals surface area (Å²) < 4.78 is 14.0. The number of benzene rings is 1. The molecule has 1 atom stereocenters. The van der Waals surface area contributed by atoms with E-state index in [2.05, 4.69) is 18.7 Å². The SMILES string of the molecule is CCN(C(C)C)C(CN)c1cccc(Cl)c1F. The minimum absolute atomic E-state index is 0.126. The fraction of sp³-hybridized carbons (Fsp3) is 0.538. The smallest absolute Gasteiger partial charge is 0.146 e. The molecule has 0 aliphatic rings. The van der Waals surface area contributed by atoms with Crippen LogP contribution in [-0.4, -0.2) is 24.0 Å². The molecule has 96 valence electrons. The lowest BCUT2D eigenvalue weighted by atomic mass is 10.0. The first-order valence-electron chi connectivity index (χ1n) is 5.92. The van der Waals surface area contributed by atoms with Crippen LogP contribution in [0.1, 0.15) is 32.4 Å². The van der Waals surface area contributed by atoms with Gasteiger partial charge in [0.2, 0.25) is 0 Å². The number of rotatable bonds is 5. The van der Waals surface area contributed by atoms with Crippen molar-refractivity contribution < 1.29 is 4.39 Å². The number of hydrogen-bond donors (Lipinski definition) is 1. The van der Waals surface area contributed by atoms with Crippen LogP contribution in [0.4, 0.5) is 4.39 Å². The van der Waals surface area contributed by atoms with Crippen molar-refractivity contribution in [1.82, 2.24) is 4.90 Å². The number of hydrogen-bond acceptors (Lipinski definition) is 2. The molecule has 0 bridgehead atoms. The highest BCUT2D eigenvalue weighted by molar-refractivity contribution is 6.30. The summed E-state index contributed by atoms with van der Waals surface area (Å²) in [6.45, 7) is 7.41. The molecule has 0 aliphatic carbocycles. The largest absolute Gasteiger partial charge is 0.329 e. The van der Waals surface area contributed by atoms with Crippen molar-refractivity contribution in [3.8, 4) is 0 Å². The molecular weight excluding hydrogens is 239 g/mol. The molecule has 0 saturated heterocycles. The maximum atomic E-state index is 14.0. The molecule has 0 saturated carbocycles. The van der Waals surface area contributed by atoms with E-state index in [1.807, 2.05) is 6.92 Å². The van der Waals surface area contributed by atoms with Crippen molar-refractivity contribution in [2.24, 2.45) is 5.73 Å². The van der Waals surface area contributed by atoms with Gasteiger partial charge in [0.15, 0.2) is 0 Å². The Morgan fingerprint density at radius 3 is 2.53 bits per heavy atom. The molecule has 0 heterocycles. The molecule has 0 aliphatic heterocycles. The van der Waals surface area contributed by atoms with Crippen molar-refractivity contribution in [3.63, 3.8) is 0 Å². The zero-order valence-corrected chi connectivity index (χ0v) is 11.3. The molecule has 1 aromatic carbocycles. The van der Waals surface area contributed by atoms with Crippen LogP contribution >= 0.6 is 11.6 Å². The fourth-order valence-corrected chi connectivity index (χ4v) is 2.35. The molecule has 0 spiro atoms. The van der Waals surface area contributed by atoms with E-state index in [0.717, 1.165) is 6.54 Å². The normalized spacial score (nSPS) is 13.4. The fourth-order valence-electron chi connectivity index (χ4n) is 2.16. The third kappa shape index (κ3) is 3.18. The topological polar surface area (TPSA) is 29.3 Å². The number of nitrogens with zero attached hydrogens (tertiary/aromatic N) is 1. The van der Waals surface area contributed by atoms with E-state index in [1.54, 1.807) is 18.2 Å². The van der Waals surface area contributed by atoms with Crippen LogP contribution in [-0.2, 0) is 0 Å². The Kier molecular flexibility index (Phi) is 5.37. The monoisotopic (exact) mass is 258 g/mol. The summed E-state index contributed by atoms with van der Waals surface area (Å²) in [5.74, 6) is -0.358. The van der Waals surface area contributed by atoms with Gasteiger partial charge in [-0.3, -0.25) is 4.90 Å². The average Bonchev–Trinajstić information content (AvgIpc) is 2.29. The maximum absolute atomic E-state index is 14.0. The van der Waals surface area contributed by atoms with E-state index in [0.29, 0.717) is 18.2 Å². The highest BCUT2D eigenvalue weighted by Crippen LogP contribution is 2.27. The molecule has 1 aromatic rings. The van der Waals surface area contributed by atoms with Gasteiger partial charge in [0.25, 0.3) is 0 Å².